The molecule has 0 aliphatic carbocycles. The lowest BCUT2D eigenvalue weighted by atomic mass is 10.2. The number of carbonyl (C=O) groups excluding carboxylic acids is 3. The summed E-state index contributed by atoms with van der Waals surface area (Å²) >= 11 is 0. The molecule has 18 heavy (non-hydrogen) atoms. The number of rotatable bonds is 3. The van der Waals surface area contributed by atoms with E-state index in [1.54, 1.807) is 0 Å². The molecule has 100 valence electrons. The first-order valence-electron chi connectivity index (χ1n) is 5.70. The summed E-state index contributed by atoms with van der Waals surface area (Å²) in [6.07, 6.45) is 0.670. The Bertz CT molecular complexity index is 482. The molecule has 0 spiro atoms. The van der Waals surface area contributed by atoms with Crippen LogP contribution in [0.2, 0.25) is 0 Å². The van der Waals surface area contributed by atoms with Gasteiger partial charge in [0, 0.05) is 18.9 Å². The minimum atomic E-state index is -3.05. The standard InChI is InChI=1S/C10H14N2O5S/c13-8(5-12-9(14)1-2-10(12)15)11-7-3-4-18(16,17)6-7/h7H,1-6H2,(H,11,13)/t7-/m0/s1. The lowest BCUT2D eigenvalue weighted by molar-refractivity contribution is -0.142. The molecule has 0 aromatic carbocycles. The average Bonchev–Trinajstić information content (AvgIpc) is 2.75. The molecular formula is C10H14N2O5S. The predicted molar refractivity (Wildman–Crippen MR) is 61.2 cm³/mol. The molecule has 2 heterocycles. The van der Waals surface area contributed by atoms with Crippen molar-refractivity contribution in [2.45, 2.75) is 25.3 Å². The van der Waals surface area contributed by atoms with Gasteiger partial charge in [-0.05, 0) is 6.42 Å². The number of likely N-dealkylation sites (tertiary alicyclic amines) is 1. The van der Waals surface area contributed by atoms with Gasteiger partial charge in [-0.15, -0.1) is 0 Å². The molecule has 2 aliphatic heterocycles. The normalized spacial score (nSPS) is 26.7. The largest absolute Gasteiger partial charge is 0.351 e. The second-order valence-corrected chi connectivity index (χ2v) is 6.77. The molecule has 0 saturated carbocycles. The molecule has 2 aliphatic rings. The summed E-state index contributed by atoms with van der Waals surface area (Å²) in [5, 5.41) is 2.54. The van der Waals surface area contributed by atoms with E-state index in [0.29, 0.717) is 6.42 Å². The minimum absolute atomic E-state index is 0.0688. The Kier molecular flexibility index (Phi) is 3.38. The first kappa shape index (κ1) is 13.0. The van der Waals surface area contributed by atoms with E-state index in [1.807, 2.05) is 0 Å². The minimum Gasteiger partial charge on any atom is -0.351 e. The molecule has 1 N–H and O–H groups in total. The van der Waals surface area contributed by atoms with Gasteiger partial charge in [-0.1, -0.05) is 0 Å². The van der Waals surface area contributed by atoms with E-state index in [1.165, 1.54) is 0 Å². The maximum Gasteiger partial charge on any atom is 0.240 e. The Hall–Kier alpha value is -1.44. The fourth-order valence-electron chi connectivity index (χ4n) is 2.12. The topological polar surface area (TPSA) is 101 Å². The SMILES string of the molecule is O=C(CN1C(=O)CCC1=O)N[C@H]1CCS(=O)(=O)C1. The van der Waals surface area contributed by atoms with Crippen LogP contribution < -0.4 is 5.32 Å². The van der Waals surface area contributed by atoms with Crippen molar-refractivity contribution in [1.82, 2.24) is 10.2 Å². The first-order chi connectivity index (χ1) is 8.37. The zero-order chi connectivity index (χ0) is 13.3. The molecule has 2 rings (SSSR count). The molecule has 0 bridgehead atoms. The maximum absolute atomic E-state index is 11.6. The van der Waals surface area contributed by atoms with E-state index >= 15 is 0 Å². The van der Waals surface area contributed by atoms with Crippen LogP contribution in [0, 0.1) is 0 Å². The fourth-order valence-corrected chi connectivity index (χ4v) is 3.80. The van der Waals surface area contributed by atoms with Crippen LogP contribution in [0.15, 0.2) is 0 Å². The summed E-state index contributed by atoms with van der Waals surface area (Å²) < 4.78 is 22.4. The van der Waals surface area contributed by atoms with E-state index in [4.69, 9.17) is 0 Å². The quantitative estimate of drug-likeness (QED) is 0.627. The Morgan fingerprint density at radius 1 is 1.28 bits per heavy atom. The molecule has 0 unspecified atom stereocenters. The summed E-state index contributed by atoms with van der Waals surface area (Å²) in [5.74, 6) is -1.19. The molecule has 2 fully saturated rings. The van der Waals surface area contributed by atoms with Gasteiger partial charge in [0.2, 0.25) is 17.7 Å². The van der Waals surface area contributed by atoms with Crippen LogP contribution in [-0.4, -0.2) is 55.1 Å². The van der Waals surface area contributed by atoms with Crippen LogP contribution >= 0.6 is 0 Å². The highest BCUT2D eigenvalue weighted by molar-refractivity contribution is 7.91. The summed E-state index contributed by atoms with van der Waals surface area (Å²) in [6.45, 7) is -0.311. The fraction of sp³-hybridized carbons (Fsp3) is 0.700. The van der Waals surface area contributed by atoms with E-state index in [-0.39, 0.29) is 42.7 Å². The second-order valence-electron chi connectivity index (χ2n) is 4.54. The van der Waals surface area contributed by atoms with Crippen molar-refractivity contribution in [1.29, 1.82) is 0 Å². The van der Waals surface area contributed by atoms with Crippen LogP contribution in [-0.2, 0) is 24.2 Å². The van der Waals surface area contributed by atoms with Crippen LogP contribution in [0.3, 0.4) is 0 Å². The van der Waals surface area contributed by atoms with Crippen LogP contribution in [0.5, 0.6) is 0 Å². The molecule has 0 radical (unpaired) electrons. The zero-order valence-electron chi connectivity index (χ0n) is 9.72. The van der Waals surface area contributed by atoms with Gasteiger partial charge >= 0.3 is 0 Å². The van der Waals surface area contributed by atoms with Crippen molar-refractivity contribution in [2.75, 3.05) is 18.1 Å². The van der Waals surface area contributed by atoms with Crippen molar-refractivity contribution in [2.24, 2.45) is 0 Å². The number of carbonyl (C=O) groups is 3. The number of amides is 3. The first-order valence-corrected chi connectivity index (χ1v) is 7.52. The Balaban J connectivity index is 1.86. The van der Waals surface area contributed by atoms with E-state index in [9.17, 15) is 22.8 Å². The predicted octanol–water partition coefficient (Wildman–Crippen LogP) is -1.56. The van der Waals surface area contributed by atoms with Gasteiger partial charge in [0.25, 0.3) is 0 Å². The Morgan fingerprint density at radius 3 is 2.39 bits per heavy atom. The smallest absolute Gasteiger partial charge is 0.240 e. The van der Waals surface area contributed by atoms with Crippen molar-refractivity contribution in [3.8, 4) is 0 Å². The third-order valence-corrected chi connectivity index (χ3v) is 4.82. The summed E-state index contributed by atoms with van der Waals surface area (Å²) in [6, 6.07) is -0.407. The molecule has 8 heteroatoms. The number of hydrogen-bond acceptors (Lipinski definition) is 5. The highest BCUT2D eigenvalue weighted by atomic mass is 32.2. The highest BCUT2D eigenvalue weighted by Crippen LogP contribution is 2.13. The summed E-state index contributed by atoms with van der Waals surface area (Å²) in [5.41, 5.74) is 0. The van der Waals surface area contributed by atoms with Crippen LogP contribution in [0.25, 0.3) is 0 Å². The van der Waals surface area contributed by atoms with Crippen molar-refractivity contribution in [3.05, 3.63) is 0 Å². The van der Waals surface area contributed by atoms with Gasteiger partial charge in [0.05, 0.1) is 11.5 Å². The van der Waals surface area contributed by atoms with Gasteiger partial charge in [-0.3, -0.25) is 19.3 Å². The molecule has 7 nitrogen and oxygen atoms in total. The Morgan fingerprint density at radius 2 is 1.89 bits per heavy atom. The van der Waals surface area contributed by atoms with E-state index in [2.05, 4.69) is 5.32 Å². The third-order valence-electron chi connectivity index (χ3n) is 3.05. The van der Waals surface area contributed by atoms with Gasteiger partial charge in [-0.25, -0.2) is 8.42 Å². The number of sulfone groups is 1. The van der Waals surface area contributed by atoms with Crippen molar-refractivity contribution < 1.29 is 22.8 Å². The van der Waals surface area contributed by atoms with Crippen molar-refractivity contribution in [3.63, 3.8) is 0 Å². The highest BCUT2D eigenvalue weighted by Gasteiger charge is 2.33. The molecule has 0 aromatic rings. The number of nitrogens with one attached hydrogen (secondary N) is 1. The molecular weight excluding hydrogens is 260 g/mol. The lowest BCUT2D eigenvalue weighted by Gasteiger charge is -2.15. The van der Waals surface area contributed by atoms with Gasteiger partial charge in [0.15, 0.2) is 9.84 Å². The van der Waals surface area contributed by atoms with Crippen LogP contribution in [0.4, 0.5) is 0 Å². The summed E-state index contributed by atoms with van der Waals surface area (Å²) in [7, 11) is -3.05. The number of hydrogen-bond donors (Lipinski definition) is 1. The molecule has 0 aromatic heterocycles. The third kappa shape index (κ3) is 2.87. The summed E-state index contributed by atoms with van der Waals surface area (Å²) in [4.78, 5) is 35.1. The van der Waals surface area contributed by atoms with Gasteiger partial charge in [-0.2, -0.15) is 0 Å². The number of nitrogens with zero attached hydrogens (tertiary/aromatic N) is 1. The average molecular weight is 274 g/mol. The maximum atomic E-state index is 11.6. The second kappa shape index (κ2) is 4.68. The number of imide groups is 1. The molecule has 3 amide bonds. The monoisotopic (exact) mass is 274 g/mol. The van der Waals surface area contributed by atoms with E-state index < -0.39 is 21.8 Å². The molecule has 2 saturated heterocycles. The van der Waals surface area contributed by atoms with Crippen molar-refractivity contribution >= 4 is 27.6 Å². The van der Waals surface area contributed by atoms with Crippen LogP contribution in [0.1, 0.15) is 19.3 Å². The van der Waals surface area contributed by atoms with Gasteiger partial charge in [0.1, 0.15) is 6.54 Å². The van der Waals surface area contributed by atoms with Gasteiger partial charge < -0.3 is 5.32 Å². The van der Waals surface area contributed by atoms with E-state index in [0.717, 1.165) is 4.90 Å². The molecule has 1 atom stereocenters. The lowest BCUT2D eigenvalue weighted by Crippen LogP contribution is -2.44. The Labute approximate surface area is 104 Å². The zero-order valence-corrected chi connectivity index (χ0v) is 10.5.